The van der Waals surface area contributed by atoms with Gasteiger partial charge in [-0.05, 0) is 37.5 Å². The third-order valence-electron chi connectivity index (χ3n) is 7.28. The molecule has 0 bridgehead atoms. The number of unbranched alkanes of at least 4 members (excludes halogenated alkanes) is 3. The summed E-state index contributed by atoms with van der Waals surface area (Å²) in [4.78, 5) is 14.0. The Morgan fingerprint density at radius 2 is 2.07 bits per heavy atom. The molecule has 3 aliphatic rings. The van der Waals surface area contributed by atoms with Crippen molar-refractivity contribution in [2.24, 2.45) is 5.92 Å². The fourth-order valence-corrected chi connectivity index (χ4v) is 5.68. The van der Waals surface area contributed by atoms with E-state index in [2.05, 4.69) is 24.4 Å². The lowest BCUT2D eigenvalue weighted by Gasteiger charge is -2.50. The van der Waals surface area contributed by atoms with Gasteiger partial charge in [-0.1, -0.05) is 39.0 Å². The van der Waals surface area contributed by atoms with Crippen molar-refractivity contribution in [3.8, 4) is 11.5 Å². The third-order valence-corrected chi connectivity index (χ3v) is 7.28. The van der Waals surface area contributed by atoms with E-state index in [1.807, 2.05) is 6.07 Å². The SMILES string of the molecule is CCCCCCNC(=O)C[NH+]1CC[C@]2(O)CCCC[C@@H]2[C@H]1c1ccc2c(c1)OCO2. The lowest BCUT2D eigenvalue weighted by atomic mass is 9.66. The monoisotopic (exact) mass is 417 g/mol. The van der Waals surface area contributed by atoms with Crippen molar-refractivity contribution in [3.63, 3.8) is 0 Å². The number of rotatable bonds is 8. The van der Waals surface area contributed by atoms with E-state index in [9.17, 15) is 9.90 Å². The molecule has 1 aromatic rings. The summed E-state index contributed by atoms with van der Waals surface area (Å²) < 4.78 is 11.1. The van der Waals surface area contributed by atoms with Gasteiger partial charge in [-0.25, -0.2) is 0 Å². The van der Waals surface area contributed by atoms with Gasteiger partial charge in [0.1, 0.15) is 6.04 Å². The van der Waals surface area contributed by atoms with Crippen LogP contribution in [0.1, 0.15) is 76.3 Å². The number of carbonyl (C=O) groups excluding carboxylic acids is 1. The second-order valence-electron chi connectivity index (χ2n) is 9.29. The Labute approximate surface area is 179 Å². The predicted molar refractivity (Wildman–Crippen MR) is 115 cm³/mol. The Kier molecular flexibility index (Phi) is 6.84. The van der Waals surface area contributed by atoms with Crippen LogP contribution in [0.3, 0.4) is 0 Å². The zero-order valence-corrected chi connectivity index (χ0v) is 18.3. The quantitative estimate of drug-likeness (QED) is 0.568. The summed E-state index contributed by atoms with van der Waals surface area (Å²) in [6.07, 6.45) is 9.53. The van der Waals surface area contributed by atoms with Gasteiger partial charge in [0.15, 0.2) is 18.0 Å². The summed E-state index contributed by atoms with van der Waals surface area (Å²) in [7, 11) is 0. The number of amides is 1. The van der Waals surface area contributed by atoms with E-state index in [-0.39, 0.29) is 24.7 Å². The molecule has 0 spiro atoms. The molecule has 30 heavy (non-hydrogen) atoms. The van der Waals surface area contributed by atoms with Gasteiger partial charge in [-0.2, -0.15) is 0 Å². The lowest BCUT2D eigenvalue weighted by Crippen LogP contribution is -3.16. The number of benzene rings is 1. The fraction of sp³-hybridized carbons (Fsp3) is 0.708. The first kappa shape index (κ1) is 21.4. The molecule has 2 heterocycles. The number of hydrogen-bond acceptors (Lipinski definition) is 4. The minimum Gasteiger partial charge on any atom is -0.454 e. The molecule has 0 radical (unpaired) electrons. The van der Waals surface area contributed by atoms with Crippen LogP contribution in [-0.2, 0) is 4.79 Å². The minimum atomic E-state index is -0.612. The van der Waals surface area contributed by atoms with Gasteiger partial charge in [0.05, 0.1) is 12.1 Å². The van der Waals surface area contributed by atoms with Crippen molar-refractivity contribution in [1.82, 2.24) is 5.32 Å². The van der Waals surface area contributed by atoms with Crippen molar-refractivity contribution in [3.05, 3.63) is 23.8 Å². The maximum Gasteiger partial charge on any atom is 0.275 e. The van der Waals surface area contributed by atoms with Gasteiger partial charge in [0.25, 0.3) is 5.91 Å². The van der Waals surface area contributed by atoms with Gasteiger partial charge in [0.2, 0.25) is 6.79 Å². The largest absolute Gasteiger partial charge is 0.454 e. The molecule has 1 aliphatic carbocycles. The summed E-state index contributed by atoms with van der Waals surface area (Å²) in [6, 6.07) is 6.24. The summed E-state index contributed by atoms with van der Waals surface area (Å²) in [5.74, 6) is 1.85. The second-order valence-corrected chi connectivity index (χ2v) is 9.29. The number of piperidine rings is 1. The van der Waals surface area contributed by atoms with Gasteiger partial charge in [-0.3, -0.25) is 4.79 Å². The summed E-state index contributed by atoms with van der Waals surface area (Å²) in [5.41, 5.74) is 0.536. The molecule has 4 atom stereocenters. The van der Waals surface area contributed by atoms with Crippen molar-refractivity contribution >= 4 is 5.91 Å². The van der Waals surface area contributed by atoms with Gasteiger partial charge in [0, 0.05) is 24.4 Å². The molecule has 1 unspecified atom stereocenters. The van der Waals surface area contributed by atoms with Crippen LogP contribution >= 0.6 is 0 Å². The smallest absolute Gasteiger partial charge is 0.275 e. The van der Waals surface area contributed by atoms with Crippen LogP contribution < -0.4 is 19.7 Å². The van der Waals surface area contributed by atoms with E-state index in [0.29, 0.717) is 6.54 Å². The average Bonchev–Trinajstić information content (AvgIpc) is 3.21. The Morgan fingerprint density at radius 3 is 2.93 bits per heavy atom. The van der Waals surface area contributed by atoms with Crippen LogP contribution in [0.25, 0.3) is 0 Å². The standard InChI is InChI=1S/C24H36N2O4/c1-2-3-4-7-13-25-22(27)16-26-14-12-24(28)11-6-5-8-19(24)23(26)18-9-10-20-21(15-18)30-17-29-20/h9-10,15,19,23,28H,2-8,11-14,16-17H2,1H3,(H,25,27)/p+1/t19-,23-,24-/m1/s1. The Bertz CT molecular complexity index is 740. The molecule has 0 aromatic heterocycles. The van der Waals surface area contributed by atoms with Gasteiger partial charge < -0.3 is 24.8 Å². The molecule has 6 heteroatoms. The molecule has 6 nitrogen and oxygen atoms in total. The summed E-state index contributed by atoms with van der Waals surface area (Å²) in [5, 5.41) is 14.5. The van der Waals surface area contributed by atoms with Crippen LogP contribution in [0.5, 0.6) is 11.5 Å². The third kappa shape index (κ3) is 4.59. The molecule has 2 fully saturated rings. The van der Waals surface area contributed by atoms with Crippen LogP contribution in [0.2, 0.25) is 0 Å². The van der Waals surface area contributed by atoms with Gasteiger partial charge in [-0.15, -0.1) is 0 Å². The molecular weight excluding hydrogens is 380 g/mol. The van der Waals surface area contributed by atoms with E-state index in [4.69, 9.17) is 9.47 Å². The van der Waals surface area contributed by atoms with E-state index < -0.39 is 5.60 Å². The van der Waals surface area contributed by atoms with Crippen LogP contribution in [0.4, 0.5) is 0 Å². The van der Waals surface area contributed by atoms with Crippen molar-refractivity contribution in [2.75, 3.05) is 26.4 Å². The number of aliphatic hydroxyl groups is 1. The summed E-state index contributed by atoms with van der Waals surface area (Å²) >= 11 is 0. The number of nitrogens with one attached hydrogen (secondary N) is 2. The molecule has 2 aliphatic heterocycles. The minimum absolute atomic E-state index is 0.101. The van der Waals surface area contributed by atoms with E-state index in [0.717, 1.165) is 68.7 Å². The summed E-state index contributed by atoms with van der Waals surface area (Å²) in [6.45, 7) is 4.48. The maximum absolute atomic E-state index is 12.7. The predicted octanol–water partition coefficient (Wildman–Crippen LogP) is 2.36. The molecule has 1 amide bonds. The number of ether oxygens (including phenoxy) is 2. The molecule has 4 rings (SSSR count). The second kappa shape index (κ2) is 9.56. The first-order chi connectivity index (χ1) is 14.6. The normalized spacial score (nSPS) is 30.0. The molecule has 1 saturated heterocycles. The number of carbonyl (C=O) groups is 1. The molecule has 1 saturated carbocycles. The molecular formula is C24H37N2O4+. The lowest BCUT2D eigenvalue weighted by molar-refractivity contribution is -0.937. The van der Waals surface area contributed by atoms with Crippen molar-refractivity contribution in [2.45, 2.75) is 76.4 Å². The fourth-order valence-electron chi connectivity index (χ4n) is 5.68. The first-order valence-electron chi connectivity index (χ1n) is 11.8. The van der Waals surface area contributed by atoms with E-state index in [1.165, 1.54) is 24.2 Å². The first-order valence-corrected chi connectivity index (χ1v) is 11.8. The van der Waals surface area contributed by atoms with Crippen LogP contribution in [0.15, 0.2) is 18.2 Å². The van der Waals surface area contributed by atoms with Crippen LogP contribution in [-0.4, -0.2) is 43.0 Å². The zero-order valence-electron chi connectivity index (χ0n) is 18.3. The molecule has 3 N–H and O–H groups in total. The van der Waals surface area contributed by atoms with Crippen molar-refractivity contribution < 1.29 is 24.3 Å². The Balaban J connectivity index is 1.49. The Morgan fingerprint density at radius 1 is 1.20 bits per heavy atom. The molecule has 1 aromatic carbocycles. The maximum atomic E-state index is 12.7. The Hall–Kier alpha value is -1.79. The highest BCUT2D eigenvalue weighted by Gasteiger charge is 2.52. The van der Waals surface area contributed by atoms with E-state index >= 15 is 0 Å². The molecule has 166 valence electrons. The number of quaternary nitrogens is 1. The number of hydrogen-bond donors (Lipinski definition) is 3. The highest BCUT2D eigenvalue weighted by atomic mass is 16.7. The highest BCUT2D eigenvalue weighted by molar-refractivity contribution is 5.76. The van der Waals surface area contributed by atoms with Crippen LogP contribution in [0, 0.1) is 5.92 Å². The number of likely N-dealkylation sites (tertiary alicyclic amines) is 1. The number of fused-ring (bicyclic) bond motifs is 2. The topological polar surface area (TPSA) is 72.2 Å². The van der Waals surface area contributed by atoms with Crippen molar-refractivity contribution in [1.29, 1.82) is 0 Å². The van der Waals surface area contributed by atoms with Gasteiger partial charge >= 0.3 is 0 Å². The van der Waals surface area contributed by atoms with E-state index in [1.54, 1.807) is 0 Å². The zero-order chi connectivity index (χ0) is 21.0. The average molecular weight is 418 g/mol. The highest BCUT2D eigenvalue weighted by Crippen LogP contribution is 2.45.